The number of aromatic nitrogens is 3. The zero-order chi connectivity index (χ0) is 16.2. The molecular weight excluding hydrogens is 296 g/mol. The van der Waals surface area contributed by atoms with Crippen LogP contribution in [0.5, 0.6) is 0 Å². The number of urea groups is 1. The van der Waals surface area contributed by atoms with Gasteiger partial charge in [0.05, 0.1) is 5.52 Å². The summed E-state index contributed by atoms with van der Waals surface area (Å²) in [6.45, 7) is 4.39. The lowest BCUT2D eigenvalue weighted by Gasteiger charge is -2.34. The molecule has 0 atom stereocenters. The Hall–Kier alpha value is -2.77. The summed E-state index contributed by atoms with van der Waals surface area (Å²) < 4.78 is 0. The molecule has 1 saturated heterocycles. The van der Waals surface area contributed by atoms with E-state index in [1.807, 2.05) is 19.1 Å². The van der Waals surface area contributed by atoms with Crippen LogP contribution < -0.4 is 5.32 Å². The summed E-state index contributed by atoms with van der Waals surface area (Å²) in [4.78, 5) is 31.9. The van der Waals surface area contributed by atoms with Crippen molar-refractivity contribution in [3.8, 4) is 0 Å². The Kier molecular flexibility index (Phi) is 4.31. The van der Waals surface area contributed by atoms with E-state index in [4.69, 9.17) is 0 Å². The maximum atomic E-state index is 12.5. The highest BCUT2D eigenvalue weighted by Gasteiger charge is 2.26. The molecule has 120 valence electrons. The van der Waals surface area contributed by atoms with Crippen molar-refractivity contribution in [3.05, 3.63) is 30.1 Å². The van der Waals surface area contributed by atoms with Gasteiger partial charge in [0.1, 0.15) is 5.52 Å². The first-order chi connectivity index (χ1) is 11.2. The van der Waals surface area contributed by atoms with Crippen molar-refractivity contribution < 1.29 is 9.59 Å². The standard InChI is InChI=1S/C15H18N6O2/c1-2-16-15(23)21-9-7-20(8-10-21)14(22)13-17-11-5-3-4-6-12(11)18-19-13/h3-6H,2,7-10H2,1H3,(H,16,23). The highest BCUT2D eigenvalue weighted by Crippen LogP contribution is 2.10. The monoisotopic (exact) mass is 314 g/mol. The van der Waals surface area contributed by atoms with Gasteiger partial charge in [0.25, 0.3) is 5.91 Å². The van der Waals surface area contributed by atoms with Gasteiger partial charge in [-0.2, -0.15) is 0 Å². The molecule has 1 aromatic heterocycles. The molecule has 1 aromatic carbocycles. The second-order valence-electron chi connectivity index (χ2n) is 5.24. The number of nitrogens with zero attached hydrogens (tertiary/aromatic N) is 5. The molecule has 8 nitrogen and oxygen atoms in total. The first-order valence-electron chi connectivity index (χ1n) is 7.60. The molecule has 23 heavy (non-hydrogen) atoms. The number of carbonyl (C=O) groups is 2. The molecule has 3 amide bonds. The van der Waals surface area contributed by atoms with Crippen molar-refractivity contribution in [1.82, 2.24) is 30.3 Å². The highest BCUT2D eigenvalue weighted by molar-refractivity contribution is 5.92. The number of amides is 3. The molecule has 1 aliphatic heterocycles. The summed E-state index contributed by atoms with van der Waals surface area (Å²) in [5.74, 6) is -0.158. The van der Waals surface area contributed by atoms with E-state index in [0.29, 0.717) is 43.8 Å². The number of piperazine rings is 1. The molecule has 1 aliphatic rings. The van der Waals surface area contributed by atoms with E-state index in [2.05, 4.69) is 20.5 Å². The third kappa shape index (κ3) is 3.20. The lowest BCUT2D eigenvalue weighted by molar-refractivity contribution is 0.0652. The van der Waals surface area contributed by atoms with Gasteiger partial charge in [0.2, 0.25) is 5.82 Å². The maximum Gasteiger partial charge on any atom is 0.317 e. The molecule has 0 aliphatic carbocycles. The van der Waals surface area contributed by atoms with Gasteiger partial charge in [-0.25, -0.2) is 9.78 Å². The third-order valence-electron chi connectivity index (χ3n) is 3.73. The molecule has 0 radical (unpaired) electrons. The Morgan fingerprint density at radius 2 is 1.70 bits per heavy atom. The molecule has 1 N–H and O–H groups in total. The Bertz CT molecular complexity index is 727. The van der Waals surface area contributed by atoms with Crippen molar-refractivity contribution in [2.75, 3.05) is 32.7 Å². The van der Waals surface area contributed by atoms with Crippen molar-refractivity contribution in [2.45, 2.75) is 6.92 Å². The summed E-state index contributed by atoms with van der Waals surface area (Å²) in [6, 6.07) is 7.20. The molecule has 0 bridgehead atoms. The molecule has 0 spiro atoms. The lowest BCUT2D eigenvalue weighted by atomic mass is 10.3. The Morgan fingerprint density at radius 3 is 2.39 bits per heavy atom. The Balaban J connectivity index is 1.67. The maximum absolute atomic E-state index is 12.5. The van der Waals surface area contributed by atoms with E-state index < -0.39 is 0 Å². The topological polar surface area (TPSA) is 91.3 Å². The van der Waals surface area contributed by atoms with Crippen LogP contribution >= 0.6 is 0 Å². The first kappa shape index (κ1) is 15.1. The lowest BCUT2D eigenvalue weighted by Crippen LogP contribution is -2.53. The number of hydrogen-bond donors (Lipinski definition) is 1. The van der Waals surface area contributed by atoms with E-state index in [9.17, 15) is 9.59 Å². The third-order valence-corrected chi connectivity index (χ3v) is 3.73. The molecule has 2 heterocycles. The molecular formula is C15H18N6O2. The van der Waals surface area contributed by atoms with E-state index in [-0.39, 0.29) is 17.8 Å². The number of rotatable bonds is 2. The second kappa shape index (κ2) is 6.55. The van der Waals surface area contributed by atoms with E-state index in [1.165, 1.54) is 0 Å². The quantitative estimate of drug-likeness (QED) is 0.872. The highest BCUT2D eigenvalue weighted by atomic mass is 16.2. The van der Waals surface area contributed by atoms with Gasteiger partial charge in [-0.05, 0) is 19.1 Å². The molecule has 8 heteroatoms. The predicted molar refractivity (Wildman–Crippen MR) is 83.9 cm³/mol. The number of hydrogen-bond acceptors (Lipinski definition) is 5. The van der Waals surface area contributed by atoms with Gasteiger partial charge in [-0.1, -0.05) is 12.1 Å². The number of benzene rings is 1. The van der Waals surface area contributed by atoms with Crippen LogP contribution in [0.2, 0.25) is 0 Å². The number of fused-ring (bicyclic) bond motifs is 1. The fourth-order valence-corrected chi connectivity index (χ4v) is 2.49. The van der Waals surface area contributed by atoms with Crippen LogP contribution in [0.15, 0.2) is 24.3 Å². The largest absolute Gasteiger partial charge is 0.338 e. The average Bonchev–Trinajstić information content (AvgIpc) is 2.61. The van der Waals surface area contributed by atoms with Crippen LogP contribution in [0.3, 0.4) is 0 Å². The van der Waals surface area contributed by atoms with Crippen LogP contribution in [0.4, 0.5) is 4.79 Å². The van der Waals surface area contributed by atoms with Gasteiger partial charge in [-0.15, -0.1) is 10.2 Å². The summed E-state index contributed by atoms with van der Waals surface area (Å²) in [5.41, 5.74) is 1.30. The zero-order valence-corrected chi connectivity index (χ0v) is 12.9. The van der Waals surface area contributed by atoms with Crippen LogP contribution in [0, 0.1) is 0 Å². The van der Waals surface area contributed by atoms with Crippen LogP contribution in [-0.2, 0) is 0 Å². The van der Waals surface area contributed by atoms with Crippen LogP contribution in [0.1, 0.15) is 17.5 Å². The van der Waals surface area contributed by atoms with Crippen molar-refractivity contribution in [1.29, 1.82) is 0 Å². The van der Waals surface area contributed by atoms with Gasteiger partial charge >= 0.3 is 6.03 Å². The van der Waals surface area contributed by atoms with E-state index in [1.54, 1.807) is 21.9 Å². The zero-order valence-electron chi connectivity index (χ0n) is 12.9. The minimum absolute atomic E-state index is 0.0927. The molecule has 2 aromatic rings. The molecule has 0 saturated carbocycles. The minimum Gasteiger partial charge on any atom is -0.338 e. The molecule has 1 fully saturated rings. The van der Waals surface area contributed by atoms with Crippen LogP contribution in [0.25, 0.3) is 11.0 Å². The SMILES string of the molecule is CCNC(=O)N1CCN(C(=O)c2nnc3ccccc3n2)CC1. The average molecular weight is 314 g/mol. The molecule has 3 rings (SSSR count). The fourth-order valence-electron chi connectivity index (χ4n) is 2.49. The summed E-state index contributed by atoms with van der Waals surface area (Å²) in [6.07, 6.45) is 0. The summed E-state index contributed by atoms with van der Waals surface area (Å²) in [5, 5.41) is 10.7. The van der Waals surface area contributed by atoms with Gasteiger partial charge in [-0.3, -0.25) is 4.79 Å². The van der Waals surface area contributed by atoms with Gasteiger partial charge < -0.3 is 15.1 Å². The summed E-state index contributed by atoms with van der Waals surface area (Å²) in [7, 11) is 0. The second-order valence-corrected chi connectivity index (χ2v) is 5.24. The van der Waals surface area contributed by atoms with Gasteiger partial charge in [0.15, 0.2) is 0 Å². The van der Waals surface area contributed by atoms with Crippen molar-refractivity contribution in [3.63, 3.8) is 0 Å². The Labute approximate surface area is 133 Å². The number of nitrogens with one attached hydrogen (secondary N) is 1. The smallest absolute Gasteiger partial charge is 0.317 e. The fraction of sp³-hybridized carbons (Fsp3) is 0.400. The molecule has 0 unspecified atom stereocenters. The van der Waals surface area contributed by atoms with E-state index in [0.717, 1.165) is 0 Å². The Morgan fingerprint density at radius 1 is 1.04 bits per heavy atom. The van der Waals surface area contributed by atoms with Crippen molar-refractivity contribution in [2.24, 2.45) is 0 Å². The minimum atomic E-state index is -0.251. The number of carbonyl (C=O) groups excluding carboxylic acids is 2. The van der Waals surface area contributed by atoms with Gasteiger partial charge in [0, 0.05) is 32.7 Å². The van der Waals surface area contributed by atoms with Crippen LogP contribution in [-0.4, -0.2) is 69.6 Å². The predicted octanol–water partition coefficient (Wildman–Crippen LogP) is 0.512. The first-order valence-corrected chi connectivity index (χ1v) is 7.60. The normalized spacial score (nSPS) is 14.8. The summed E-state index contributed by atoms with van der Waals surface area (Å²) >= 11 is 0. The number of para-hydroxylation sites is 1. The van der Waals surface area contributed by atoms with E-state index >= 15 is 0 Å². The van der Waals surface area contributed by atoms with Crippen molar-refractivity contribution >= 4 is 23.0 Å².